The van der Waals surface area contributed by atoms with E-state index in [2.05, 4.69) is 52.5 Å². The van der Waals surface area contributed by atoms with Crippen molar-refractivity contribution < 1.29 is 0 Å². The molecule has 3 heteroatoms. The van der Waals surface area contributed by atoms with Gasteiger partial charge in [0.15, 0.2) is 0 Å². The summed E-state index contributed by atoms with van der Waals surface area (Å²) >= 11 is 0. The Morgan fingerprint density at radius 1 is 1.15 bits per heavy atom. The van der Waals surface area contributed by atoms with Crippen LogP contribution in [-0.4, -0.2) is 16.5 Å². The molecule has 0 saturated carbocycles. The van der Waals surface area contributed by atoms with Gasteiger partial charge in [0, 0.05) is 24.4 Å². The molecule has 0 spiro atoms. The van der Waals surface area contributed by atoms with E-state index in [-0.39, 0.29) is 0 Å². The Balaban J connectivity index is 2.01. The average molecular weight is 269 g/mol. The third-order valence-corrected chi connectivity index (χ3v) is 3.48. The van der Waals surface area contributed by atoms with Crippen molar-refractivity contribution in [1.82, 2.24) is 9.97 Å². The second-order valence-corrected chi connectivity index (χ2v) is 5.15. The van der Waals surface area contributed by atoms with Gasteiger partial charge in [-0.1, -0.05) is 50.1 Å². The van der Waals surface area contributed by atoms with Crippen LogP contribution in [0.2, 0.25) is 0 Å². The average Bonchev–Trinajstić information content (AvgIpc) is 2.48. The summed E-state index contributed by atoms with van der Waals surface area (Å²) in [5, 5.41) is 3.37. The predicted molar refractivity (Wildman–Crippen MR) is 84.0 cm³/mol. The molecule has 2 aromatic rings. The molecular formula is C17H23N3. The van der Waals surface area contributed by atoms with E-state index in [1.807, 2.05) is 13.0 Å². The van der Waals surface area contributed by atoms with Gasteiger partial charge < -0.3 is 5.32 Å². The van der Waals surface area contributed by atoms with Crippen LogP contribution in [0, 0.1) is 6.92 Å². The van der Waals surface area contributed by atoms with Gasteiger partial charge in [-0.2, -0.15) is 0 Å². The number of benzene rings is 1. The van der Waals surface area contributed by atoms with Crippen LogP contribution >= 0.6 is 0 Å². The fraction of sp³-hybridized carbons (Fsp3) is 0.412. The summed E-state index contributed by atoms with van der Waals surface area (Å²) < 4.78 is 0. The zero-order valence-corrected chi connectivity index (χ0v) is 12.3. The van der Waals surface area contributed by atoms with Crippen LogP contribution in [0.4, 0.5) is 5.95 Å². The molecule has 1 unspecified atom stereocenters. The lowest BCUT2D eigenvalue weighted by Gasteiger charge is -2.18. The highest BCUT2D eigenvalue weighted by Crippen LogP contribution is 2.22. The zero-order valence-electron chi connectivity index (χ0n) is 12.3. The maximum absolute atomic E-state index is 4.40. The van der Waals surface area contributed by atoms with Crippen LogP contribution in [0.25, 0.3) is 0 Å². The monoisotopic (exact) mass is 269 g/mol. The first-order valence-corrected chi connectivity index (χ1v) is 7.38. The fourth-order valence-electron chi connectivity index (χ4n) is 2.31. The fourth-order valence-corrected chi connectivity index (χ4v) is 2.31. The number of nitrogens with zero attached hydrogens (tertiary/aromatic N) is 2. The molecule has 0 fully saturated rings. The van der Waals surface area contributed by atoms with Crippen molar-refractivity contribution in [3.63, 3.8) is 0 Å². The molecule has 0 saturated heterocycles. The molecule has 0 aliphatic heterocycles. The van der Waals surface area contributed by atoms with Crippen molar-refractivity contribution in [3.8, 4) is 0 Å². The minimum absolute atomic E-state index is 0.514. The molecule has 0 aliphatic rings. The second-order valence-electron chi connectivity index (χ2n) is 5.15. The molecule has 0 amide bonds. The quantitative estimate of drug-likeness (QED) is 0.819. The Morgan fingerprint density at radius 3 is 2.65 bits per heavy atom. The lowest BCUT2D eigenvalue weighted by atomic mass is 9.93. The van der Waals surface area contributed by atoms with E-state index in [1.165, 1.54) is 24.8 Å². The zero-order chi connectivity index (χ0) is 14.2. The Morgan fingerprint density at radius 2 is 1.95 bits per heavy atom. The first-order chi connectivity index (χ1) is 9.79. The third kappa shape index (κ3) is 4.34. The number of anilines is 1. The van der Waals surface area contributed by atoms with Crippen molar-refractivity contribution in [2.75, 3.05) is 11.9 Å². The van der Waals surface area contributed by atoms with Gasteiger partial charge in [-0.05, 0) is 25.0 Å². The summed E-state index contributed by atoms with van der Waals surface area (Å²) in [6.07, 6.45) is 5.47. The van der Waals surface area contributed by atoms with Gasteiger partial charge in [-0.25, -0.2) is 9.97 Å². The molecule has 0 bridgehead atoms. The molecule has 1 aromatic carbocycles. The normalized spacial score (nSPS) is 12.1. The van der Waals surface area contributed by atoms with Gasteiger partial charge in [-0.15, -0.1) is 0 Å². The van der Waals surface area contributed by atoms with Crippen LogP contribution < -0.4 is 5.32 Å². The van der Waals surface area contributed by atoms with Crippen LogP contribution in [0.1, 0.15) is 43.4 Å². The van der Waals surface area contributed by atoms with Crippen molar-refractivity contribution in [3.05, 3.63) is 53.9 Å². The number of nitrogens with one attached hydrogen (secondary N) is 1. The third-order valence-electron chi connectivity index (χ3n) is 3.48. The number of hydrogen-bond acceptors (Lipinski definition) is 3. The SMILES string of the molecule is CCCCC(CNc1nccc(C)n1)c1ccccc1. The van der Waals surface area contributed by atoms with Gasteiger partial charge in [0.25, 0.3) is 0 Å². The van der Waals surface area contributed by atoms with E-state index in [4.69, 9.17) is 0 Å². The molecule has 1 atom stereocenters. The van der Waals surface area contributed by atoms with Crippen LogP contribution in [-0.2, 0) is 0 Å². The highest BCUT2D eigenvalue weighted by Gasteiger charge is 2.11. The summed E-state index contributed by atoms with van der Waals surface area (Å²) in [7, 11) is 0. The van der Waals surface area contributed by atoms with Crippen molar-refractivity contribution in [2.45, 2.75) is 39.0 Å². The van der Waals surface area contributed by atoms with Gasteiger partial charge in [-0.3, -0.25) is 0 Å². The van der Waals surface area contributed by atoms with Crippen LogP contribution in [0.5, 0.6) is 0 Å². The summed E-state index contributed by atoms with van der Waals surface area (Å²) in [4.78, 5) is 8.66. The summed E-state index contributed by atoms with van der Waals surface area (Å²) in [6, 6.07) is 12.6. The first kappa shape index (κ1) is 14.5. The Bertz CT molecular complexity index is 511. The molecule has 106 valence electrons. The maximum Gasteiger partial charge on any atom is 0.222 e. The lowest BCUT2D eigenvalue weighted by molar-refractivity contribution is 0.602. The number of aryl methyl sites for hydroxylation is 1. The largest absolute Gasteiger partial charge is 0.354 e. The molecule has 1 aromatic heterocycles. The first-order valence-electron chi connectivity index (χ1n) is 7.38. The summed E-state index contributed by atoms with van der Waals surface area (Å²) in [5.74, 6) is 1.24. The van der Waals surface area contributed by atoms with Crippen LogP contribution in [0.3, 0.4) is 0 Å². The van der Waals surface area contributed by atoms with E-state index >= 15 is 0 Å². The highest BCUT2D eigenvalue weighted by atomic mass is 15.1. The highest BCUT2D eigenvalue weighted by molar-refractivity contribution is 5.28. The number of hydrogen-bond donors (Lipinski definition) is 1. The van der Waals surface area contributed by atoms with E-state index < -0.39 is 0 Å². The van der Waals surface area contributed by atoms with E-state index in [0.717, 1.165) is 18.2 Å². The van der Waals surface area contributed by atoms with Crippen molar-refractivity contribution >= 4 is 5.95 Å². The number of aromatic nitrogens is 2. The van der Waals surface area contributed by atoms with Crippen molar-refractivity contribution in [2.24, 2.45) is 0 Å². The summed E-state index contributed by atoms with van der Waals surface area (Å²) in [6.45, 7) is 5.10. The van der Waals surface area contributed by atoms with E-state index in [9.17, 15) is 0 Å². The molecule has 2 rings (SSSR count). The van der Waals surface area contributed by atoms with Gasteiger partial charge in [0.2, 0.25) is 5.95 Å². The lowest BCUT2D eigenvalue weighted by Crippen LogP contribution is -2.14. The minimum Gasteiger partial charge on any atom is -0.354 e. The van der Waals surface area contributed by atoms with Gasteiger partial charge in [0.05, 0.1) is 0 Å². The predicted octanol–water partition coefficient (Wildman–Crippen LogP) is 4.17. The molecule has 3 nitrogen and oxygen atoms in total. The van der Waals surface area contributed by atoms with Crippen molar-refractivity contribution in [1.29, 1.82) is 0 Å². The Labute approximate surface area is 121 Å². The molecule has 0 radical (unpaired) electrons. The topological polar surface area (TPSA) is 37.8 Å². The molecule has 20 heavy (non-hydrogen) atoms. The number of rotatable bonds is 7. The van der Waals surface area contributed by atoms with Crippen LogP contribution in [0.15, 0.2) is 42.6 Å². The Hall–Kier alpha value is -1.90. The minimum atomic E-state index is 0.514. The molecule has 1 N–H and O–H groups in total. The number of unbranched alkanes of at least 4 members (excludes halogenated alkanes) is 1. The maximum atomic E-state index is 4.40. The van der Waals surface area contributed by atoms with Gasteiger partial charge in [0.1, 0.15) is 0 Å². The molecule has 1 heterocycles. The summed E-state index contributed by atoms with van der Waals surface area (Å²) in [5.41, 5.74) is 2.38. The van der Waals surface area contributed by atoms with E-state index in [1.54, 1.807) is 6.20 Å². The Kier molecular flexibility index (Phi) is 5.54. The molecule has 0 aliphatic carbocycles. The van der Waals surface area contributed by atoms with E-state index in [0.29, 0.717) is 5.92 Å². The smallest absolute Gasteiger partial charge is 0.222 e. The van der Waals surface area contributed by atoms with Gasteiger partial charge >= 0.3 is 0 Å². The standard InChI is InChI=1S/C17H23N3/c1-3-4-8-16(15-9-6-5-7-10-15)13-19-17-18-12-11-14(2)20-17/h5-7,9-12,16H,3-4,8,13H2,1-2H3,(H,18,19,20). The molecular weight excluding hydrogens is 246 g/mol. The second kappa shape index (κ2) is 7.63.